The lowest BCUT2D eigenvalue weighted by Crippen LogP contribution is -2.18. The van der Waals surface area contributed by atoms with Gasteiger partial charge in [0.1, 0.15) is 5.75 Å². The Bertz CT molecular complexity index is 282. The van der Waals surface area contributed by atoms with Crippen LogP contribution >= 0.6 is 0 Å². The van der Waals surface area contributed by atoms with E-state index in [1.54, 1.807) is 0 Å². The molecule has 14 heavy (non-hydrogen) atoms. The maximum absolute atomic E-state index is 5.84. The van der Waals surface area contributed by atoms with E-state index < -0.39 is 0 Å². The van der Waals surface area contributed by atoms with E-state index in [1.165, 1.54) is 11.1 Å². The molecule has 0 saturated heterocycles. The number of rotatable bonds is 3. The van der Waals surface area contributed by atoms with Crippen LogP contribution in [0.5, 0.6) is 5.75 Å². The van der Waals surface area contributed by atoms with E-state index in [9.17, 15) is 0 Å². The van der Waals surface area contributed by atoms with E-state index in [-0.39, 0.29) is 6.10 Å². The van der Waals surface area contributed by atoms with E-state index in [2.05, 4.69) is 52.8 Å². The van der Waals surface area contributed by atoms with Gasteiger partial charge in [0.15, 0.2) is 0 Å². The van der Waals surface area contributed by atoms with Crippen molar-refractivity contribution in [3.05, 3.63) is 29.3 Å². The molecule has 1 aromatic carbocycles. The SMILES string of the molecule is Cc1cc(C)cc(OC(C)C(C)C)c1. The van der Waals surface area contributed by atoms with Crippen LogP contribution in [0.1, 0.15) is 31.9 Å². The Morgan fingerprint density at radius 1 is 0.929 bits per heavy atom. The summed E-state index contributed by atoms with van der Waals surface area (Å²) in [7, 11) is 0. The predicted octanol–water partition coefficient (Wildman–Crippen LogP) is 3.73. The molecule has 1 unspecified atom stereocenters. The molecular weight excluding hydrogens is 172 g/mol. The highest BCUT2D eigenvalue weighted by Gasteiger charge is 2.08. The number of aryl methyl sites for hydroxylation is 2. The average molecular weight is 192 g/mol. The highest BCUT2D eigenvalue weighted by molar-refractivity contribution is 5.33. The van der Waals surface area contributed by atoms with Gasteiger partial charge in [0.25, 0.3) is 0 Å². The van der Waals surface area contributed by atoms with Gasteiger partial charge in [-0.05, 0) is 49.9 Å². The van der Waals surface area contributed by atoms with Crippen molar-refractivity contribution in [1.82, 2.24) is 0 Å². The lowest BCUT2D eigenvalue weighted by molar-refractivity contribution is 0.170. The maximum atomic E-state index is 5.84. The molecule has 1 heteroatoms. The van der Waals surface area contributed by atoms with Gasteiger partial charge in [0.2, 0.25) is 0 Å². The lowest BCUT2D eigenvalue weighted by atomic mass is 10.1. The molecule has 0 saturated carbocycles. The molecule has 0 aliphatic rings. The van der Waals surface area contributed by atoms with Gasteiger partial charge >= 0.3 is 0 Å². The molecule has 78 valence electrons. The zero-order valence-corrected chi connectivity index (χ0v) is 9.79. The van der Waals surface area contributed by atoms with Crippen LogP contribution in [0.25, 0.3) is 0 Å². The molecule has 1 rings (SSSR count). The Kier molecular flexibility index (Phi) is 3.56. The summed E-state index contributed by atoms with van der Waals surface area (Å²) < 4.78 is 5.84. The summed E-state index contributed by atoms with van der Waals surface area (Å²) in [5.74, 6) is 1.54. The Balaban J connectivity index is 2.76. The Labute approximate surface area is 87.1 Å². The van der Waals surface area contributed by atoms with E-state index in [4.69, 9.17) is 4.74 Å². The zero-order valence-electron chi connectivity index (χ0n) is 9.79. The monoisotopic (exact) mass is 192 g/mol. The van der Waals surface area contributed by atoms with Crippen LogP contribution in [0.2, 0.25) is 0 Å². The third kappa shape index (κ3) is 3.06. The molecule has 1 aromatic rings. The highest BCUT2D eigenvalue weighted by Crippen LogP contribution is 2.19. The van der Waals surface area contributed by atoms with E-state index in [1.807, 2.05) is 0 Å². The van der Waals surface area contributed by atoms with Crippen LogP contribution < -0.4 is 4.74 Å². The maximum Gasteiger partial charge on any atom is 0.120 e. The summed E-state index contributed by atoms with van der Waals surface area (Å²) in [6, 6.07) is 6.34. The van der Waals surface area contributed by atoms with Crippen LogP contribution in [0.15, 0.2) is 18.2 Å². The van der Waals surface area contributed by atoms with Crippen molar-refractivity contribution in [1.29, 1.82) is 0 Å². The van der Waals surface area contributed by atoms with Crippen molar-refractivity contribution < 1.29 is 4.74 Å². The van der Waals surface area contributed by atoms with Crippen LogP contribution in [0.3, 0.4) is 0 Å². The van der Waals surface area contributed by atoms with Crippen LogP contribution in [-0.2, 0) is 0 Å². The van der Waals surface area contributed by atoms with Crippen molar-refractivity contribution in [3.8, 4) is 5.75 Å². The van der Waals surface area contributed by atoms with Gasteiger partial charge in [-0.2, -0.15) is 0 Å². The molecule has 0 aliphatic heterocycles. The highest BCUT2D eigenvalue weighted by atomic mass is 16.5. The number of hydrogen-bond donors (Lipinski definition) is 0. The number of ether oxygens (including phenoxy) is 1. The molecule has 0 N–H and O–H groups in total. The first-order valence-corrected chi connectivity index (χ1v) is 5.24. The van der Waals surface area contributed by atoms with Gasteiger partial charge in [-0.25, -0.2) is 0 Å². The van der Waals surface area contributed by atoms with Gasteiger partial charge in [0, 0.05) is 0 Å². The van der Waals surface area contributed by atoms with E-state index >= 15 is 0 Å². The Morgan fingerprint density at radius 3 is 1.86 bits per heavy atom. The van der Waals surface area contributed by atoms with Gasteiger partial charge in [0.05, 0.1) is 6.10 Å². The first-order valence-electron chi connectivity index (χ1n) is 5.24. The molecule has 0 heterocycles. The fourth-order valence-electron chi connectivity index (χ4n) is 1.35. The second-order valence-electron chi connectivity index (χ2n) is 4.39. The van der Waals surface area contributed by atoms with Crippen molar-refractivity contribution >= 4 is 0 Å². The molecule has 0 aliphatic carbocycles. The zero-order chi connectivity index (χ0) is 10.7. The van der Waals surface area contributed by atoms with Gasteiger partial charge in [-0.3, -0.25) is 0 Å². The number of hydrogen-bond acceptors (Lipinski definition) is 1. The summed E-state index contributed by atoms with van der Waals surface area (Å²) >= 11 is 0. The van der Waals surface area contributed by atoms with Crippen molar-refractivity contribution in [2.24, 2.45) is 5.92 Å². The quantitative estimate of drug-likeness (QED) is 0.709. The summed E-state index contributed by atoms with van der Waals surface area (Å²) in [6.45, 7) is 10.7. The standard InChI is InChI=1S/C13H20O/c1-9(2)12(5)14-13-7-10(3)6-11(4)8-13/h6-9,12H,1-5H3. The fraction of sp³-hybridized carbons (Fsp3) is 0.538. The fourth-order valence-corrected chi connectivity index (χ4v) is 1.35. The molecule has 1 atom stereocenters. The lowest BCUT2D eigenvalue weighted by Gasteiger charge is -2.18. The minimum Gasteiger partial charge on any atom is -0.490 e. The minimum atomic E-state index is 0.274. The van der Waals surface area contributed by atoms with E-state index in [0.717, 1.165) is 5.75 Å². The summed E-state index contributed by atoms with van der Waals surface area (Å²) in [6.07, 6.45) is 0.274. The topological polar surface area (TPSA) is 9.23 Å². The Hall–Kier alpha value is -0.980. The molecular formula is C13H20O. The van der Waals surface area contributed by atoms with Crippen molar-refractivity contribution in [2.75, 3.05) is 0 Å². The molecule has 0 spiro atoms. The van der Waals surface area contributed by atoms with Crippen molar-refractivity contribution in [3.63, 3.8) is 0 Å². The molecule has 1 nitrogen and oxygen atoms in total. The molecule has 0 bridgehead atoms. The van der Waals surface area contributed by atoms with Gasteiger partial charge in [-0.15, -0.1) is 0 Å². The van der Waals surface area contributed by atoms with Crippen LogP contribution in [0.4, 0.5) is 0 Å². The third-order valence-electron chi connectivity index (χ3n) is 2.46. The predicted molar refractivity (Wildman–Crippen MR) is 60.8 cm³/mol. The summed E-state index contributed by atoms with van der Waals surface area (Å²) in [5, 5.41) is 0. The largest absolute Gasteiger partial charge is 0.490 e. The summed E-state index contributed by atoms with van der Waals surface area (Å²) in [5.41, 5.74) is 2.52. The molecule has 0 aromatic heterocycles. The second kappa shape index (κ2) is 4.50. The minimum absolute atomic E-state index is 0.274. The Morgan fingerprint density at radius 2 is 1.43 bits per heavy atom. The van der Waals surface area contributed by atoms with Crippen LogP contribution in [0, 0.1) is 19.8 Å². The first-order chi connectivity index (χ1) is 6.49. The smallest absolute Gasteiger partial charge is 0.120 e. The normalized spacial score (nSPS) is 13.0. The third-order valence-corrected chi connectivity index (χ3v) is 2.46. The first kappa shape index (κ1) is 11.1. The average Bonchev–Trinajstić information content (AvgIpc) is 2.01. The van der Waals surface area contributed by atoms with Gasteiger partial charge < -0.3 is 4.74 Å². The van der Waals surface area contributed by atoms with Gasteiger partial charge in [-0.1, -0.05) is 19.9 Å². The number of benzene rings is 1. The molecule has 0 fully saturated rings. The van der Waals surface area contributed by atoms with Crippen LogP contribution in [-0.4, -0.2) is 6.10 Å². The summed E-state index contributed by atoms with van der Waals surface area (Å²) in [4.78, 5) is 0. The molecule has 0 amide bonds. The molecule has 0 radical (unpaired) electrons. The van der Waals surface area contributed by atoms with Crippen molar-refractivity contribution in [2.45, 2.75) is 40.7 Å². The second-order valence-corrected chi connectivity index (χ2v) is 4.39. The van der Waals surface area contributed by atoms with E-state index in [0.29, 0.717) is 5.92 Å².